The predicted octanol–water partition coefficient (Wildman–Crippen LogP) is 2.61. The van der Waals surface area contributed by atoms with Gasteiger partial charge in [0.05, 0.1) is 5.69 Å². The van der Waals surface area contributed by atoms with Gasteiger partial charge in [0.15, 0.2) is 0 Å². The molecule has 2 N–H and O–H groups in total. The first-order valence-corrected chi connectivity index (χ1v) is 11.9. The van der Waals surface area contributed by atoms with Crippen LogP contribution in [0.4, 0.5) is 4.39 Å². The third-order valence-electron chi connectivity index (χ3n) is 5.11. The van der Waals surface area contributed by atoms with E-state index in [0.29, 0.717) is 0 Å². The summed E-state index contributed by atoms with van der Waals surface area (Å²) in [6, 6.07) is 20.2. The van der Waals surface area contributed by atoms with Crippen molar-refractivity contribution in [1.29, 1.82) is 0 Å². The van der Waals surface area contributed by atoms with E-state index >= 15 is 0 Å². The van der Waals surface area contributed by atoms with Crippen molar-refractivity contribution in [3.63, 3.8) is 0 Å². The van der Waals surface area contributed by atoms with E-state index < -0.39 is 32.7 Å². The summed E-state index contributed by atoms with van der Waals surface area (Å²) in [5, 5.41) is 6.83. The molecule has 0 bridgehead atoms. The van der Waals surface area contributed by atoms with Crippen LogP contribution in [0.3, 0.4) is 0 Å². The lowest BCUT2D eigenvalue weighted by molar-refractivity contribution is -0.122. The monoisotopic (exact) mass is 479 g/mol. The summed E-state index contributed by atoms with van der Waals surface area (Å²) < 4.78 is 43.8. The van der Waals surface area contributed by atoms with E-state index in [1.807, 2.05) is 30.3 Å². The summed E-state index contributed by atoms with van der Waals surface area (Å²) in [5.41, 5.74) is 2.39. The first kappa shape index (κ1) is 23.3. The summed E-state index contributed by atoms with van der Waals surface area (Å²) in [4.78, 5) is 16.4. The molecule has 1 heterocycles. The maximum absolute atomic E-state index is 14.1. The molecule has 4 rings (SSSR count). The number of halogens is 1. The summed E-state index contributed by atoms with van der Waals surface area (Å²) in [6.07, 6.45) is 3.11. The van der Waals surface area contributed by atoms with Crippen LogP contribution in [0, 0.1) is 5.82 Å². The Labute approximate surface area is 196 Å². The SMILES string of the molecule is O=C(NCc1ccc(-n2cncn2)cc1)[C@H](Cc1ccccc1)NS(=O)(=O)c1ccccc1F. The fraction of sp³-hybridized carbons (Fsp3) is 0.125. The van der Waals surface area contributed by atoms with Gasteiger partial charge in [-0.05, 0) is 41.8 Å². The van der Waals surface area contributed by atoms with E-state index in [9.17, 15) is 17.6 Å². The average Bonchev–Trinajstić information content (AvgIpc) is 3.38. The van der Waals surface area contributed by atoms with Crippen LogP contribution in [0.25, 0.3) is 5.69 Å². The van der Waals surface area contributed by atoms with Gasteiger partial charge in [0.25, 0.3) is 0 Å². The van der Waals surface area contributed by atoms with Crippen molar-refractivity contribution in [1.82, 2.24) is 24.8 Å². The van der Waals surface area contributed by atoms with Gasteiger partial charge >= 0.3 is 0 Å². The Bertz CT molecular complexity index is 1350. The molecule has 0 aliphatic rings. The molecule has 4 aromatic rings. The molecule has 34 heavy (non-hydrogen) atoms. The fourth-order valence-electron chi connectivity index (χ4n) is 3.37. The Kier molecular flexibility index (Phi) is 7.09. The molecule has 0 spiro atoms. The van der Waals surface area contributed by atoms with Gasteiger partial charge in [-0.15, -0.1) is 0 Å². The van der Waals surface area contributed by atoms with Crippen molar-refractivity contribution >= 4 is 15.9 Å². The number of carbonyl (C=O) groups excluding carboxylic acids is 1. The number of nitrogens with one attached hydrogen (secondary N) is 2. The number of sulfonamides is 1. The van der Waals surface area contributed by atoms with Gasteiger partial charge in [-0.2, -0.15) is 9.82 Å². The van der Waals surface area contributed by atoms with Gasteiger partial charge in [0, 0.05) is 6.54 Å². The summed E-state index contributed by atoms with van der Waals surface area (Å²) >= 11 is 0. The second-order valence-corrected chi connectivity index (χ2v) is 9.20. The summed E-state index contributed by atoms with van der Waals surface area (Å²) in [5.74, 6) is -1.41. The van der Waals surface area contributed by atoms with Crippen molar-refractivity contribution in [3.8, 4) is 5.69 Å². The molecule has 1 amide bonds. The minimum Gasteiger partial charge on any atom is -0.351 e. The first-order chi connectivity index (χ1) is 16.4. The minimum absolute atomic E-state index is 0.103. The zero-order valence-electron chi connectivity index (χ0n) is 18.0. The molecule has 1 atom stereocenters. The zero-order chi connectivity index (χ0) is 24.0. The molecule has 0 aliphatic heterocycles. The van der Waals surface area contributed by atoms with Crippen molar-refractivity contribution < 1.29 is 17.6 Å². The summed E-state index contributed by atoms with van der Waals surface area (Å²) in [6.45, 7) is 0.184. The number of hydrogen-bond donors (Lipinski definition) is 2. The van der Waals surface area contributed by atoms with E-state index in [4.69, 9.17) is 0 Å². The molecule has 0 saturated heterocycles. The minimum atomic E-state index is -4.27. The largest absolute Gasteiger partial charge is 0.351 e. The van der Waals surface area contributed by atoms with Crippen LogP contribution in [0.1, 0.15) is 11.1 Å². The van der Waals surface area contributed by atoms with Crippen molar-refractivity contribution in [3.05, 3.63) is 108 Å². The predicted molar refractivity (Wildman–Crippen MR) is 124 cm³/mol. The highest BCUT2D eigenvalue weighted by molar-refractivity contribution is 7.89. The molecule has 0 saturated carbocycles. The molecule has 0 fully saturated rings. The van der Waals surface area contributed by atoms with Gasteiger partial charge in [0.1, 0.15) is 29.4 Å². The van der Waals surface area contributed by atoms with Gasteiger partial charge < -0.3 is 5.32 Å². The van der Waals surface area contributed by atoms with Crippen molar-refractivity contribution in [2.45, 2.75) is 23.9 Å². The Morgan fingerprint density at radius 1 is 0.941 bits per heavy atom. The molecule has 8 nitrogen and oxygen atoms in total. The molecule has 0 radical (unpaired) electrons. The molecule has 0 unspecified atom stereocenters. The molecule has 174 valence electrons. The Morgan fingerprint density at radius 2 is 1.65 bits per heavy atom. The Hall–Kier alpha value is -3.89. The highest BCUT2D eigenvalue weighted by atomic mass is 32.2. The van der Waals surface area contributed by atoms with Crippen LogP contribution in [0.5, 0.6) is 0 Å². The highest BCUT2D eigenvalue weighted by Crippen LogP contribution is 2.15. The van der Waals surface area contributed by atoms with Crippen LogP contribution in [-0.4, -0.2) is 35.1 Å². The Morgan fingerprint density at radius 3 is 2.32 bits per heavy atom. The standard InChI is InChI=1S/C24H22FN5O3S/c25-21-8-4-5-9-23(21)34(32,33)29-22(14-18-6-2-1-3-7-18)24(31)27-15-19-10-12-20(13-11-19)30-17-26-16-28-30/h1-13,16-17,22,29H,14-15H2,(H,27,31)/t22-/m0/s1. The molecule has 10 heteroatoms. The van der Waals surface area contributed by atoms with E-state index in [1.54, 1.807) is 35.3 Å². The van der Waals surface area contributed by atoms with Gasteiger partial charge in [-0.3, -0.25) is 4.79 Å². The van der Waals surface area contributed by atoms with E-state index in [2.05, 4.69) is 20.1 Å². The number of benzene rings is 3. The van der Waals surface area contributed by atoms with E-state index in [1.165, 1.54) is 18.5 Å². The average molecular weight is 480 g/mol. The smallest absolute Gasteiger partial charge is 0.244 e. The van der Waals surface area contributed by atoms with Crippen LogP contribution < -0.4 is 10.0 Å². The molecular formula is C24H22FN5O3S. The fourth-order valence-corrected chi connectivity index (χ4v) is 4.65. The van der Waals surface area contributed by atoms with E-state index in [0.717, 1.165) is 28.9 Å². The van der Waals surface area contributed by atoms with E-state index in [-0.39, 0.29) is 13.0 Å². The Balaban J connectivity index is 1.49. The normalized spacial score (nSPS) is 12.3. The molecule has 3 aromatic carbocycles. The van der Waals surface area contributed by atoms with Crippen LogP contribution in [0.15, 0.2) is 96.4 Å². The number of hydrogen-bond acceptors (Lipinski definition) is 5. The summed E-state index contributed by atoms with van der Waals surface area (Å²) in [7, 11) is -4.27. The van der Waals surface area contributed by atoms with Crippen LogP contribution in [0.2, 0.25) is 0 Å². The molecule has 1 aromatic heterocycles. The number of amides is 1. The number of nitrogens with zero attached hydrogens (tertiary/aromatic N) is 3. The first-order valence-electron chi connectivity index (χ1n) is 10.4. The van der Waals surface area contributed by atoms with Crippen molar-refractivity contribution in [2.24, 2.45) is 0 Å². The lowest BCUT2D eigenvalue weighted by Gasteiger charge is -2.19. The zero-order valence-corrected chi connectivity index (χ0v) is 18.8. The number of rotatable bonds is 9. The second kappa shape index (κ2) is 10.4. The maximum atomic E-state index is 14.1. The third kappa shape index (κ3) is 5.72. The lowest BCUT2D eigenvalue weighted by Crippen LogP contribution is -2.47. The van der Waals surface area contributed by atoms with Crippen molar-refractivity contribution in [2.75, 3.05) is 0 Å². The second-order valence-electron chi connectivity index (χ2n) is 7.52. The van der Waals surface area contributed by atoms with Crippen LogP contribution >= 0.6 is 0 Å². The topological polar surface area (TPSA) is 106 Å². The van der Waals surface area contributed by atoms with Crippen LogP contribution in [-0.2, 0) is 27.8 Å². The molecule has 0 aliphatic carbocycles. The highest BCUT2D eigenvalue weighted by Gasteiger charge is 2.27. The maximum Gasteiger partial charge on any atom is 0.244 e. The number of carbonyl (C=O) groups is 1. The number of aromatic nitrogens is 3. The quantitative estimate of drug-likeness (QED) is 0.384. The lowest BCUT2D eigenvalue weighted by atomic mass is 10.1. The molecular weight excluding hydrogens is 457 g/mol. The van der Waals surface area contributed by atoms with Gasteiger partial charge in [-0.25, -0.2) is 22.5 Å². The third-order valence-corrected chi connectivity index (χ3v) is 6.61. The van der Waals surface area contributed by atoms with Gasteiger partial charge in [-0.1, -0.05) is 54.6 Å². The van der Waals surface area contributed by atoms with Gasteiger partial charge in [0.2, 0.25) is 15.9 Å².